The van der Waals surface area contributed by atoms with Crippen LogP contribution in [0.2, 0.25) is 0 Å². The number of aliphatic hydroxyl groups excluding tert-OH is 1. The number of likely N-dealkylation sites (tertiary alicyclic amines) is 1. The minimum Gasteiger partial charge on any atom is -0.395 e. The lowest BCUT2D eigenvalue weighted by atomic mass is 9.90. The first-order chi connectivity index (χ1) is 11.9. The zero-order chi connectivity index (χ0) is 18.1. The predicted molar refractivity (Wildman–Crippen MR) is 101 cm³/mol. The average Bonchev–Trinajstić information content (AvgIpc) is 2.94. The van der Waals surface area contributed by atoms with E-state index in [-0.39, 0.29) is 12.0 Å². The Morgan fingerprint density at radius 1 is 1.24 bits per heavy atom. The average molecular weight is 367 g/mol. The number of benzene rings is 1. The molecule has 1 aromatic rings. The van der Waals surface area contributed by atoms with E-state index in [0.717, 1.165) is 31.5 Å². The van der Waals surface area contributed by atoms with E-state index in [1.165, 1.54) is 25.7 Å². The summed E-state index contributed by atoms with van der Waals surface area (Å²) in [6, 6.07) is 7.54. The number of sulfonamides is 1. The smallest absolute Gasteiger partial charge is 0.229 e. The number of fused-ring (bicyclic) bond motifs is 1. The van der Waals surface area contributed by atoms with Gasteiger partial charge < -0.3 is 10.0 Å². The maximum Gasteiger partial charge on any atom is 0.229 e. The summed E-state index contributed by atoms with van der Waals surface area (Å²) in [6.07, 6.45) is 6.28. The van der Waals surface area contributed by atoms with Gasteiger partial charge in [0.2, 0.25) is 10.0 Å². The highest BCUT2D eigenvalue weighted by molar-refractivity contribution is 7.92. The normalized spacial score (nSPS) is 28.8. The van der Waals surface area contributed by atoms with E-state index in [1.807, 2.05) is 18.2 Å². The van der Waals surface area contributed by atoms with Crippen LogP contribution in [0, 0.1) is 11.8 Å². The third-order valence-electron chi connectivity index (χ3n) is 5.90. The van der Waals surface area contributed by atoms with Gasteiger partial charge in [-0.25, -0.2) is 8.42 Å². The van der Waals surface area contributed by atoms with Crippen LogP contribution >= 0.6 is 0 Å². The van der Waals surface area contributed by atoms with E-state index < -0.39 is 10.0 Å². The largest absolute Gasteiger partial charge is 0.395 e. The highest BCUT2D eigenvalue weighted by atomic mass is 32.2. The molecule has 25 heavy (non-hydrogen) atoms. The summed E-state index contributed by atoms with van der Waals surface area (Å²) in [6.45, 7) is 5.61. The van der Waals surface area contributed by atoms with Gasteiger partial charge in [0.15, 0.2) is 0 Å². The second kappa shape index (κ2) is 7.25. The lowest BCUT2D eigenvalue weighted by molar-refractivity contribution is 0.195. The highest BCUT2D eigenvalue weighted by Gasteiger charge is 2.68. The molecule has 1 heterocycles. The first kappa shape index (κ1) is 18.7. The molecule has 1 aliphatic carbocycles. The number of aliphatic hydroxyl groups is 1. The van der Waals surface area contributed by atoms with Crippen LogP contribution in [0.4, 0.5) is 5.69 Å². The van der Waals surface area contributed by atoms with Crippen LogP contribution in [-0.4, -0.2) is 50.9 Å². The van der Waals surface area contributed by atoms with Crippen LogP contribution < -0.4 is 4.72 Å². The van der Waals surface area contributed by atoms with Crippen LogP contribution in [0.5, 0.6) is 0 Å². The number of hydrogen-bond donors (Lipinski definition) is 2. The first-order valence-corrected chi connectivity index (χ1v) is 11.2. The molecule has 0 spiro atoms. The van der Waals surface area contributed by atoms with Gasteiger partial charge in [-0.1, -0.05) is 38.3 Å². The standard InChI is InChI=1S/C19H30N2O3S/c1-3-4-5-6-10-21-12-17-18(13-21)19(17,14-22)15-8-7-9-16(11-15)20-25(2,23)24/h7-9,11,17-18,20,22H,3-6,10,12-14H2,1-2H3. The number of anilines is 1. The number of rotatable bonds is 9. The fraction of sp³-hybridized carbons (Fsp3) is 0.684. The van der Waals surface area contributed by atoms with Crippen molar-refractivity contribution in [2.45, 2.75) is 38.0 Å². The number of piperidine rings is 1. The summed E-state index contributed by atoms with van der Waals surface area (Å²) in [5.41, 5.74) is 1.45. The zero-order valence-corrected chi connectivity index (χ0v) is 16.1. The minimum absolute atomic E-state index is 0.133. The molecule has 2 unspecified atom stereocenters. The van der Waals surface area contributed by atoms with Gasteiger partial charge in [-0.05, 0) is 42.5 Å². The molecule has 1 saturated heterocycles. The molecule has 0 radical (unpaired) electrons. The maximum atomic E-state index is 11.5. The molecule has 1 saturated carbocycles. The molecule has 2 atom stereocenters. The third-order valence-corrected chi connectivity index (χ3v) is 6.51. The third kappa shape index (κ3) is 3.86. The van der Waals surface area contributed by atoms with Crippen molar-refractivity contribution < 1.29 is 13.5 Å². The van der Waals surface area contributed by atoms with Crippen LogP contribution in [-0.2, 0) is 15.4 Å². The summed E-state index contributed by atoms with van der Waals surface area (Å²) in [4.78, 5) is 2.53. The Hall–Kier alpha value is -1.11. The van der Waals surface area contributed by atoms with Crippen LogP contribution in [0.15, 0.2) is 24.3 Å². The van der Waals surface area contributed by atoms with Gasteiger partial charge in [0, 0.05) is 24.2 Å². The van der Waals surface area contributed by atoms with Crippen molar-refractivity contribution in [2.24, 2.45) is 11.8 Å². The van der Waals surface area contributed by atoms with E-state index in [4.69, 9.17) is 0 Å². The number of nitrogens with zero attached hydrogens (tertiary/aromatic N) is 1. The molecule has 5 nitrogen and oxygen atoms in total. The molecule has 2 aliphatic rings. The van der Waals surface area contributed by atoms with Crippen LogP contribution in [0.3, 0.4) is 0 Å². The summed E-state index contributed by atoms with van der Waals surface area (Å²) in [7, 11) is -3.29. The molecular formula is C19H30N2O3S. The quantitative estimate of drug-likeness (QED) is 0.659. The second-order valence-electron chi connectivity index (χ2n) is 7.69. The van der Waals surface area contributed by atoms with Crippen molar-refractivity contribution in [2.75, 3.05) is 37.2 Å². The predicted octanol–water partition coefficient (Wildman–Crippen LogP) is 2.43. The van der Waals surface area contributed by atoms with Crippen molar-refractivity contribution in [3.63, 3.8) is 0 Å². The Balaban J connectivity index is 1.64. The molecular weight excluding hydrogens is 336 g/mol. The number of nitrogens with one attached hydrogen (secondary N) is 1. The Morgan fingerprint density at radius 2 is 1.96 bits per heavy atom. The Morgan fingerprint density at radius 3 is 2.56 bits per heavy atom. The summed E-state index contributed by atoms with van der Waals surface area (Å²) in [5.74, 6) is 0.967. The van der Waals surface area contributed by atoms with Crippen molar-refractivity contribution in [1.29, 1.82) is 0 Å². The van der Waals surface area contributed by atoms with Crippen LogP contribution in [0.25, 0.3) is 0 Å². The first-order valence-electron chi connectivity index (χ1n) is 9.32. The second-order valence-corrected chi connectivity index (χ2v) is 9.44. The molecule has 0 amide bonds. The number of hydrogen-bond acceptors (Lipinski definition) is 4. The van der Waals surface area contributed by atoms with Crippen molar-refractivity contribution in [3.05, 3.63) is 29.8 Å². The van der Waals surface area contributed by atoms with Gasteiger partial charge in [-0.3, -0.25) is 4.72 Å². The number of unbranched alkanes of at least 4 members (excludes halogenated alkanes) is 3. The monoisotopic (exact) mass is 366 g/mol. The lowest BCUT2D eigenvalue weighted by Crippen LogP contribution is -2.33. The Kier molecular flexibility index (Phi) is 5.42. The summed E-state index contributed by atoms with van der Waals surface area (Å²) in [5, 5.41) is 10.1. The summed E-state index contributed by atoms with van der Waals surface area (Å²) >= 11 is 0. The SMILES string of the molecule is CCCCCCN1CC2C(C1)C2(CO)c1cccc(NS(C)(=O)=O)c1. The van der Waals surface area contributed by atoms with Crippen molar-refractivity contribution in [3.8, 4) is 0 Å². The molecule has 0 aromatic heterocycles. The highest BCUT2D eigenvalue weighted by Crippen LogP contribution is 2.63. The zero-order valence-electron chi connectivity index (χ0n) is 15.2. The molecule has 0 bridgehead atoms. The van der Waals surface area contributed by atoms with E-state index in [2.05, 4.69) is 16.5 Å². The molecule has 2 N–H and O–H groups in total. The van der Waals surface area contributed by atoms with Gasteiger partial charge >= 0.3 is 0 Å². The Labute approximate surface area is 151 Å². The van der Waals surface area contributed by atoms with E-state index in [9.17, 15) is 13.5 Å². The lowest BCUT2D eigenvalue weighted by Gasteiger charge is -2.26. The van der Waals surface area contributed by atoms with Gasteiger partial charge in [0.1, 0.15) is 0 Å². The van der Waals surface area contributed by atoms with Gasteiger partial charge in [-0.15, -0.1) is 0 Å². The van der Waals surface area contributed by atoms with Gasteiger partial charge in [0.05, 0.1) is 12.9 Å². The fourth-order valence-corrected chi connectivity index (χ4v) is 5.16. The van der Waals surface area contributed by atoms with E-state index >= 15 is 0 Å². The fourth-order valence-electron chi connectivity index (χ4n) is 4.60. The summed E-state index contributed by atoms with van der Waals surface area (Å²) < 4.78 is 25.5. The molecule has 2 fully saturated rings. The van der Waals surface area contributed by atoms with E-state index in [1.54, 1.807) is 6.07 Å². The van der Waals surface area contributed by atoms with Gasteiger partial charge in [-0.2, -0.15) is 0 Å². The Bertz CT molecular complexity index is 692. The van der Waals surface area contributed by atoms with Gasteiger partial charge in [0.25, 0.3) is 0 Å². The van der Waals surface area contributed by atoms with E-state index in [0.29, 0.717) is 17.5 Å². The minimum atomic E-state index is -3.29. The molecule has 1 aliphatic heterocycles. The molecule has 1 aromatic carbocycles. The molecule has 3 rings (SSSR count). The maximum absolute atomic E-state index is 11.5. The van der Waals surface area contributed by atoms with Crippen LogP contribution in [0.1, 0.15) is 38.2 Å². The topological polar surface area (TPSA) is 69.6 Å². The van der Waals surface area contributed by atoms with Crippen molar-refractivity contribution in [1.82, 2.24) is 4.90 Å². The molecule has 140 valence electrons. The molecule has 6 heteroatoms. The van der Waals surface area contributed by atoms with Crippen molar-refractivity contribution >= 4 is 15.7 Å².